The first kappa shape index (κ1) is 15.3. The summed E-state index contributed by atoms with van der Waals surface area (Å²) in [5.41, 5.74) is 0.955. The molecular formula is C17H21NO3. The van der Waals surface area contributed by atoms with Crippen molar-refractivity contribution in [2.75, 3.05) is 0 Å². The molecule has 0 heterocycles. The van der Waals surface area contributed by atoms with Crippen LogP contribution in [0.2, 0.25) is 0 Å². The number of benzene rings is 1. The number of rotatable bonds is 4. The molecule has 0 unspecified atom stereocenters. The third-order valence-corrected chi connectivity index (χ3v) is 3.95. The normalized spacial score (nSPS) is 17.6. The van der Waals surface area contributed by atoms with Gasteiger partial charge in [0.25, 0.3) is 0 Å². The SMILES string of the molecule is Cc1cccc(/C=C/C(=O)NC2(C(=O)O)CCCCC2)c1. The summed E-state index contributed by atoms with van der Waals surface area (Å²) in [5.74, 6) is -1.28. The van der Waals surface area contributed by atoms with Gasteiger partial charge in [-0.2, -0.15) is 0 Å². The predicted molar refractivity (Wildman–Crippen MR) is 81.8 cm³/mol. The molecule has 1 saturated carbocycles. The van der Waals surface area contributed by atoms with E-state index in [1.165, 1.54) is 6.08 Å². The van der Waals surface area contributed by atoms with Crippen LogP contribution in [-0.2, 0) is 9.59 Å². The van der Waals surface area contributed by atoms with Crippen LogP contribution in [0.4, 0.5) is 0 Å². The fraction of sp³-hybridized carbons (Fsp3) is 0.412. The van der Waals surface area contributed by atoms with Gasteiger partial charge in [0.1, 0.15) is 5.54 Å². The summed E-state index contributed by atoms with van der Waals surface area (Å²) >= 11 is 0. The molecule has 0 radical (unpaired) electrons. The number of aryl methyl sites for hydroxylation is 1. The van der Waals surface area contributed by atoms with Gasteiger partial charge in [0.05, 0.1) is 0 Å². The summed E-state index contributed by atoms with van der Waals surface area (Å²) in [5, 5.41) is 12.1. The molecule has 1 amide bonds. The van der Waals surface area contributed by atoms with E-state index in [0.29, 0.717) is 12.8 Å². The van der Waals surface area contributed by atoms with Crippen LogP contribution in [0.1, 0.15) is 43.2 Å². The van der Waals surface area contributed by atoms with Crippen LogP contribution in [0.3, 0.4) is 0 Å². The highest BCUT2D eigenvalue weighted by molar-refractivity contribution is 5.95. The Morgan fingerprint density at radius 2 is 1.95 bits per heavy atom. The van der Waals surface area contributed by atoms with Gasteiger partial charge in [-0.1, -0.05) is 49.1 Å². The minimum Gasteiger partial charge on any atom is -0.480 e. The lowest BCUT2D eigenvalue weighted by Gasteiger charge is -2.33. The van der Waals surface area contributed by atoms with Gasteiger partial charge < -0.3 is 10.4 Å². The molecule has 2 N–H and O–H groups in total. The number of amides is 1. The van der Waals surface area contributed by atoms with Crippen LogP contribution in [-0.4, -0.2) is 22.5 Å². The van der Waals surface area contributed by atoms with Crippen molar-refractivity contribution in [2.24, 2.45) is 0 Å². The van der Waals surface area contributed by atoms with E-state index in [1.54, 1.807) is 6.08 Å². The van der Waals surface area contributed by atoms with Crippen molar-refractivity contribution in [3.05, 3.63) is 41.5 Å². The minimum absolute atomic E-state index is 0.346. The van der Waals surface area contributed by atoms with Crippen molar-refractivity contribution in [1.82, 2.24) is 5.32 Å². The zero-order valence-electron chi connectivity index (χ0n) is 12.3. The smallest absolute Gasteiger partial charge is 0.329 e. The topological polar surface area (TPSA) is 66.4 Å². The Bertz CT molecular complexity index is 557. The Labute approximate surface area is 124 Å². The lowest BCUT2D eigenvalue weighted by atomic mass is 9.81. The number of carbonyl (C=O) groups is 2. The van der Waals surface area contributed by atoms with Crippen molar-refractivity contribution in [2.45, 2.75) is 44.6 Å². The lowest BCUT2D eigenvalue weighted by molar-refractivity contribution is -0.148. The molecule has 1 aliphatic carbocycles. The average Bonchev–Trinajstić information content (AvgIpc) is 2.46. The standard InChI is InChI=1S/C17H21NO3/c1-13-6-5-7-14(12-13)8-9-15(19)18-17(16(20)21)10-3-2-4-11-17/h5-9,12H,2-4,10-11H2,1H3,(H,18,19)(H,20,21)/b9-8+. The summed E-state index contributed by atoms with van der Waals surface area (Å²) in [4.78, 5) is 23.5. The molecule has 0 saturated heterocycles. The van der Waals surface area contributed by atoms with E-state index in [9.17, 15) is 14.7 Å². The molecule has 112 valence electrons. The lowest BCUT2D eigenvalue weighted by Crippen LogP contribution is -2.55. The van der Waals surface area contributed by atoms with E-state index in [2.05, 4.69) is 5.32 Å². The monoisotopic (exact) mass is 287 g/mol. The molecule has 1 aromatic rings. The second-order valence-corrected chi connectivity index (χ2v) is 5.68. The number of aliphatic carboxylic acids is 1. The molecule has 0 spiro atoms. The Kier molecular flexibility index (Phi) is 4.78. The molecule has 21 heavy (non-hydrogen) atoms. The maximum Gasteiger partial charge on any atom is 0.329 e. The number of carboxylic acids is 1. The molecule has 1 aromatic carbocycles. The molecular weight excluding hydrogens is 266 g/mol. The summed E-state index contributed by atoms with van der Waals surface area (Å²) in [7, 11) is 0. The number of carbonyl (C=O) groups excluding carboxylic acids is 1. The first-order valence-electron chi connectivity index (χ1n) is 7.32. The van der Waals surface area contributed by atoms with Crippen molar-refractivity contribution in [1.29, 1.82) is 0 Å². The fourth-order valence-electron chi connectivity index (χ4n) is 2.77. The van der Waals surface area contributed by atoms with Crippen LogP contribution in [0.5, 0.6) is 0 Å². The molecule has 0 aromatic heterocycles. The molecule has 2 rings (SSSR count). The summed E-state index contributed by atoms with van der Waals surface area (Å²) in [6.07, 6.45) is 6.85. The van der Waals surface area contributed by atoms with Gasteiger partial charge in [-0.05, 0) is 31.4 Å². The zero-order chi connectivity index (χ0) is 15.3. The molecule has 1 fully saturated rings. The van der Waals surface area contributed by atoms with Gasteiger partial charge in [-0.15, -0.1) is 0 Å². The van der Waals surface area contributed by atoms with E-state index in [4.69, 9.17) is 0 Å². The van der Waals surface area contributed by atoms with Crippen LogP contribution >= 0.6 is 0 Å². The minimum atomic E-state index is -1.09. The first-order valence-corrected chi connectivity index (χ1v) is 7.32. The molecule has 0 aliphatic heterocycles. The molecule has 4 heteroatoms. The van der Waals surface area contributed by atoms with Crippen molar-refractivity contribution >= 4 is 18.0 Å². The average molecular weight is 287 g/mol. The Morgan fingerprint density at radius 1 is 1.24 bits per heavy atom. The van der Waals surface area contributed by atoms with E-state index < -0.39 is 11.5 Å². The number of hydrogen-bond donors (Lipinski definition) is 2. The number of hydrogen-bond acceptors (Lipinski definition) is 2. The van der Waals surface area contributed by atoms with Crippen molar-refractivity contribution < 1.29 is 14.7 Å². The Morgan fingerprint density at radius 3 is 2.57 bits per heavy atom. The van der Waals surface area contributed by atoms with Gasteiger partial charge in [-0.3, -0.25) is 4.79 Å². The molecule has 0 atom stereocenters. The van der Waals surface area contributed by atoms with Crippen molar-refractivity contribution in [3.63, 3.8) is 0 Å². The van der Waals surface area contributed by atoms with Crippen LogP contribution in [0, 0.1) is 6.92 Å². The van der Waals surface area contributed by atoms with Gasteiger partial charge in [0.2, 0.25) is 5.91 Å². The van der Waals surface area contributed by atoms with Gasteiger partial charge in [-0.25, -0.2) is 4.79 Å². The third-order valence-electron chi connectivity index (χ3n) is 3.95. The van der Waals surface area contributed by atoms with Crippen LogP contribution in [0.25, 0.3) is 6.08 Å². The largest absolute Gasteiger partial charge is 0.480 e. The van der Waals surface area contributed by atoms with Gasteiger partial charge >= 0.3 is 5.97 Å². The van der Waals surface area contributed by atoms with Crippen LogP contribution in [0.15, 0.2) is 30.3 Å². The second kappa shape index (κ2) is 6.57. The maximum absolute atomic E-state index is 12.0. The number of nitrogens with one attached hydrogen (secondary N) is 1. The highest BCUT2D eigenvalue weighted by Crippen LogP contribution is 2.28. The highest BCUT2D eigenvalue weighted by atomic mass is 16.4. The summed E-state index contributed by atoms with van der Waals surface area (Å²) in [6.45, 7) is 1.98. The van der Waals surface area contributed by atoms with E-state index in [-0.39, 0.29) is 5.91 Å². The summed E-state index contributed by atoms with van der Waals surface area (Å²) in [6, 6.07) is 7.79. The quantitative estimate of drug-likeness (QED) is 0.837. The number of carboxylic acid groups (broad SMARTS) is 1. The molecule has 1 aliphatic rings. The van der Waals surface area contributed by atoms with E-state index >= 15 is 0 Å². The van der Waals surface area contributed by atoms with E-state index in [1.807, 2.05) is 31.2 Å². The Hall–Kier alpha value is -2.10. The van der Waals surface area contributed by atoms with Crippen LogP contribution < -0.4 is 5.32 Å². The molecule has 0 bridgehead atoms. The van der Waals surface area contributed by atoms with Crippen molar-refractivity contribution in [3.8, 4) is 0 Å². The zero-order valence-corrected chi connectivity index (χ0v) is 12.3. The second-order valence-electron chi connectivity index (χ2n) is 5.68. The third kappa shape index (κ3) is 3.94. The molecule has 4 nitrogen and oxygen atoms in total. The maximum atomic E-state index is 12.0. The highest BCUT2D eigenvalue weighted by Gasteiger charge is 2.40. The fourth-order valence-corrected chi connectivity index (χ4v) is 2.77. The Balaban J connectivity index is 2.04. The van der Waals surface area contributed by atoms with E-state index in [0.717, 1.165) is 30.4 Å². The first-order chi connectivity index (χ1) is 10.0. The summed E-state index contributed by atoms with van der Waals surface area (Å²) < 4.78 is 0. The van der Waals surface area contributed by atoms with Gasteiger partial charge in [0, 0.05) is 6.08 Å². The predicted octanol–water partition coefficient (Wildman–Crippen LogP) is 2.91. The van der Waals surface area contributed by atoms with Gasteiger partial charge in [0.15, 0.2) is 0 Å².